The van der Waals surface area contributed by atoms with E-state index in [1.165, 1.54) is 18.2 Å². The lowest BCUT2D eigenvalue weighted by Gasteiger charge is -2.16. The number of furan rings is 1. The van der Waals surface area contributed by atoms with Crippen LogP contribution in [0.25, 0.3) is 34.2 Å². The maximum atomic E-state index is 15.0. The zero-order valence-corrected chi connectivity index (χ0v) is 21.2. The average Bonchev–Trinajstić information content (AvgIpc) is 3.61. The van der Waals surface area contributed by atoms with Crippen LogP contribution in [0.5, 0.6) is 0 Å². The molecular weight excluding hydrogens is 501 g/mol. The highest BCUT2D eigenvalue weighted by Gasteiger charge is 2.20. The summed E-state index contributed by atoms with van der Waals surface area (Å²) in [6.45, 7) is 4.17. The van der Waals surface area contributed by atoms with E-state index in [1.807, 2.05) is 62.4 Å². The Kier molecular flexibility index (Phi) is 7.31. The van der Waals surface area contributed by atoms with Crippen LogP contribution < -0.4 is 5.32 Å². The first-order chi connectivity index (χ1) is 18.9. The Morgan fingerprint density at radius 1 is 0.897 bits per heavy atom. The van der Waals surface area contributed by atoms with Crippen molar-refractivity contribution in [2.24, 2.45) is 0 Å². The van der Waals surface area contributed by atoms with Crippen molar-refractivity contribution < 1.29 is 27.6 Å². The van der Waals surface area contributed by atoms with Crippen molar-refractivity contribution in [2.45, 2.75) is 26.5 Å². The van der Waals surface area contributed by atoms with Gasteiger partial charge in [0.25, 0.3) is 18.3 Å². The van der Waals surface area contributed by atoms with E-state index in [4.69, 9.17) is 13.6 Å². The molecule has 0 bridgehead atoms. The molecule has 196 valence electrons. The Hall–Kier alpha value is -5.05. The Labute approximate surface area is 223 Å². The third kappa shape index (κ3) is 5.93. The molecule has 0 aliphatic heterocycles. The molecule has 0 spiro atoms. The second-order valence-electron chi connectivity index (χ2n) is 9.02. The third-order valence-corrected chi connectivity index (χ3v) is 6.09. The number of nitrogens with zero attached hydrogens (tertiary/aromatic N) is 2. The van der Waals surface area contributed by atoms with Gasteiger partial charge in [0.2, 0.25) is 5.89 Å². The van der Waals surface area contributed by atoms with Crippen LogP contribution in [0.3, 0.4) is 0 Å². The van der Waals surface area contributed by atoms with E-state index < -0.39 is 18.0 Å². The molecule has 0 aliphatic carbocycles. The summed E-state index contributed by atoms with van der Waals surface area (Å²) in [6.07, 6.45) is -1.03. The monoisotopic (exact) mass is 525 g/mol. The quantitative estimate of drug-likeness (QED) is 0.189. The van der Waals surface area contributed by atoms with Crippen molar-refractivity contribution in [2.75, 3.05) is 0 Å². The molecule has 3 aromatic carbocycles. The van der Waals surface area contributed by atoms with Gasteiger partial charge >= 0.3 is 0 Å². The standard InChI is InChI=1S/C30H24FN3O5/c1-18-3-8-21(9-4-18)25-13-14-26(38-25)28(36)32-27(37-17-35)16-20-7-12-23(24(31)15-20)30-34-33-29(39-30)22-10-5-19(2)6-11-22/h3-15,17,27H,16H2,1-2H3,(H,32,36). The largest absolute Gasteiger partial charge is 0.451 e. The summed E-state index contributed by atoms with van der Waals surface area (Å²) in [5, 5.41) is 10.6. The second kappa shape index (κ2) is 11.1. The number of rotatable bonds is 9. The van der Waals surface area contributed by atoms with Crippen LogP contribution in [0.15, 0.2) is 87.7 Å². The number of carbonyl (C=O) groups excluding carboxylic acids is 2. The number of carbonyl (C=O) groups is 2. The van der Waals surface area contributed by atoms with Crippen LogP contribution in [-0.4, -0.2) is 28.8 Å². The highest BCUT2D eigenvalue weighted by molar-refractivity contribution is 5.92. The van der Waals surface area contributed by atoms with Gasteiger partial charge in [-0.25, -0.2) is 4.39 Å². The molecule has 1 N–H and O–H groups in total. The minimum absolute atomic E-state index is 0.0195. The predicted octanol–water partition coefficient (Wildman–Crippen LogP) is 5.89. The number of aryl methyl sites for hydroxylation is 2. The zero-order chi connectivity index (χ0) is 27.4. The molecular formula is C30H24FN3O5. The lowest BCUT2D eigenvalue weighted by Crippen LogP contribution is -2.38. The molecule has 1 atom stereocenters. The van der Waals surface area contributed by atoms with Crippen molar-refractivity contribution >= 4 is 12.4 Å². The Morgan fingerprint density at radius 3 is 2.23 bits per heavy atom. The fourth-order valence-corrected chi connectivity index (χ4v) is 3.97. The van der Waals surface area contributed by atoms with Crippen molar-refractivity contribution in [1.29, 1.82) is 0 Å². The van der Waals surface area contributed by atoms with Crippen LogP contribution in [-0.2, 0) is 16.0 Å². The Balaban J connectivity index is 1.27. The zero-order valence-electron chi connectivity index (χ0n) is 21.2. The van der Waals surface area contributed by atoms with Gasteiger partial charge in [-0.15, -0.1) is 10.2 Å². The van der Waals surface area contributed by atoms with E-state index in [0.717, 1.165) is 22.3 Å². The number of nitrogens with one attached hydrogen (secondary N) is 1. The highest BCUT2D eigenvalue weighted by Crippen LogP contribution is 2.27. The molecule has 0 saturated carbocycles. The normalized spacial score (nSPS) is 11.7. The van der Waals surface area contributed by atoms with E-state index in [9.17, 15) is 9.59 Å². The van der Waals surface area contributed by atoms with Gasteiger partial charge in [0.15, 0.2) is 12.0 Å². The Morgan fingerprint density at radius 2 is 1.56 bits per heavy atom. The van der Waals surface area contributed by atoms with Gasteiger partial charge in [-0.3, -0.25) is 9.59 Å². The molecule has 1 unspecified atom stereocenters. The average molecular weight is 526 g/mol. The molecule has 5 rings (SSSR count). The molecule has 2 heterocycles. The van der Waals surface area contributed by atoms with Gasteiger partial charge in [-0.1, -0.05) is 53.6 Å². The van der Waals surface area contributed by atoms with E-state index >= 15 is 4.39 Å². The molecule has 0 fully saturated rings. The minimum Gasteiger partial charge on any atom is -0.451 e. The van der Waals surface area contributed by atoms with E-state index in [1.54, 1.807) is 12.1 Å². The van der Waals surface area contributed by atoms with E-state index in [0.29, 0.717) is 11.3 Å². The maximum Gasteiger partial charge on any atom is 0.295 e. The van der Waals surface area contributed by atoms with Gasteiger partial charge in [-0.2, -0.15) is 0 Å². The summed E-state index contributed by atoms with van der Waals surface area (Å²) < 4.78 is 31.4. The summed E-state index contributed by atoms with van der Waals surface area (Å²) in [5.74, 6) is -0.294. The molecule has 1 amide bonds. The molecule has 9 heteroatoms. The molecule has 0 saturated heterocycles. The number of hydrogen-bond donors (Lipinski definition) is 1. The van der Waals surface area contributed by atoms with Crippen molar-refractivity contribution in [1.82, 2.24) is 15.5 Å². The lowest BCUT2D eigenvalue weighted by molar-refractivity contribution is -0.134. The van der Waals surface area contributed by atoms with Crippen molar-refractivity contribution in [3.8, 4) is 34.2 Å². The lowest BCUT2D eigenvalue weighted by atomic mass is 10.1. The van der Waals surface area contributed by atoms with Crippen LogP contribution in [0.2, 0.25) is 0 Å². The fraction of sp³-hybridized carbons (Fsp3) is 0.133. The molecule has 5 aromatic rings. The maximum absolute atomic E-state index is 15.0. The van der Waals surface area contributed by atoms with Gasteiger partial charge in [0.05, 0.1) is 5.56 Å². The number of ether oxygens (including phenoxy) is 1. The fourth-order valence-electron chi connectivity index (χ4n) is 3.97. The minimum atomic E-state index is -1.05. The first-order valence-electron chi connectivity index (χ1n) is 12.2. The van der Waals surface area contributed by atoms with Gasteiger partial charge in [-0.05, 0) is 55.8 Å². The van der Waals surface area contributed by atoms with E-state index in [2.05, 4.69) is 15.5 Å². The molecule has 2 aromatic heterocycles. The van der Waals surface area contributed by atoms with Gasteiger partial charge in [0, 0.05) is 17.5 Å². The SMILES string of the molecule is Cc1ccc(-c2ccc(C(=O)NC(Cc3ccc(-c4nnc(-c5ccc(C)cc5)o4)c(F)c3)OC=O)o2)cc1. The third-order valence-electron chi connectivity index (χ3n) is 6.09. The first-order valence-corrected chi connectivity index (χ1v) is 12.2. The second-order valence-corrected chi connectivity index (χ2v) is 9.02. The van der Waals surface area contributed by atoms with Gasteiger partial charge < -0.3 is 18.9 Å². The number of aromatic nitrogens is 2. The predicted molar refractivity (Wildman–Crippen MR) is 141 cm³/mol. The summed E-state index contributed by atoms with van der Waals surface area (Å²) >= 11 is 0. The summed E-state index contributed by atoms with van der Waals surface area (Å²) in [5.41, 5.74) is 4.34. The molecule has 8 nitrogen and oxygen atoms in total. The summed E-state index contributed by atoms with van der Waals surface area (Å²) in [4.78, 5) is 23.8. The summed E-state index contributed by atoms with van der Waals surface area (Å²) in [6, 6.07) is 22.8. The topological polar surface area (TPSA) is 107 Å². The summed E-state index contributed by atoms with van der Waals surface area (Å²) in [7, 11) is 0. The van der Waals surface area contributed by atoms with Crippen LogP contribution in [0.4, 0.5) is 4.39 Å². The highest BCUT2D eigenvalue weighted by atomic mass is 19.1. The molecule has 0 radical (unpaired) electrons. The first kappa shape index (κ1) is 25.6. The number of halogens is 1. The number of hydrogen-bond acceptors (Lipinski definition) is 7. The van der Waals surface area contributed by atoms with Crippen molar-refractivity contribution in [3.63, 3.8) is 0 Å². The Bertz CT molecular complexity index is 1610. The molecule has 39 heavy (non-hydrogen) atoms. The number of amides is 1. The molecule has 0 aliphatic rings. The van der Waals surface area contributed by atoms with Crippen LogP contribution in [0, 0.1) is 19.7 Å². The van der Waals surface area contributed by atoms with Gasteiger partial charge in [0.1, 0.15) is 11.6 Å². The smallest absolute Gasteiger partial charge is 0.295 e. The number of benzene rings is 3. The van der Waals surface area contributed by atoms with Crippen LogP contribution in [0.1, 0.15) is 27.2 Å². The van der Waals surface area contributed by atoms with E-state index in [-0.39, 0.29) is 36.0 Å². The van der Waals surface area contributed by atoms with Crippen molar-refractivity contribution in [3.05, 3.63) is 107 Å². The van der Waals surface area contributed by atoms with Crippen LogP contribution >= 0.6 is 0 Å².